The van der Waals surface area contributed by atoms with Gasteiger partial charge in [0.2, 0.25) is 0 Å². The van der Waals surface area contributed by atoms with Crippen molar-refractivity contribution in [3.8, 4) is 0 Å². The number of carboxylic acids is 1. The Morgan fingerprint density at radius 3 is 2.53 bits per heavy atom. The fourth-order valence-corrected chi connectivity index (χ4v) is 2.05. The average Bonchev–Trinajstić information content (AvgIpc) is 2.56. The summed E-state index contributed by atoms with van der Waals surface area (Å²) in [6.07, 6.45) is 3.91. The molecule has 84 valence electrons. The molecule has 0 spiro atoms. The number of hydrogen-bond acceptors (Lipinski definition) is 1. The SMILES string of the molecule is CCC(CC)Cn1cc(C(=O)O)cc1Br. The molecule has 1 N–H and O–H groups in total. The largest absolute Gasteiger partial charge is 0.478 e. The van der Waals surface area contributed by atoms with Gasteiger partial charge < -0.3 is 9.67 Å². The van der Waals surface area contributed by atoms with Gasteiger partial charge in [0, 0.05) is 12.7 Å². The van der Waals surface area contributed by atoms with E-state index in [-0.39, 0.29) is 0 Å². The van der Waals surface area contributed by atoms with Gasteiger partial charge in [-0.15, -0.1) is 0 Å². The highest BCUT2D eigenvalue weighted by molar-refractivity contribution is 9.10. The van der Waals surface area contributed by atoms with E-state index in [0.717, 1.165) is 24.0 Å². The van der Waals surface area contributed by atoms with Crippen molar-refractivity contribution >= 4 is 21.9 Å². The Morgan fingerprint density at radius 2 is 2.13 bits per heavy atom. The van der Waals surface area contributed by atoms with E-state index < -0.39 is 5.97 Å². The van der Waals surface area contributed by atoms with Crippen molar-refractivity contribution in [2.24, 2.45) is 5.92 Å². The van der Waals surface area contributed by atoms with Crippen LogP contribution < -0.4 is 0 Å². The zero-order chi connectivity index (χ0) is 11.4. The fraction of sp³-hybridized carbons (Fsp3) is 0.545. The molecule has 0 aliphatic rings. The first-order valence-corrected chi connectivity index (χ1v) is 5.96. The predicted molar refractivity (Wildman–Crippen MR) is 63.2 cm³/mol. The van der Waals surface area contributed by atoms with Gasteiger partial charge in [-0.2, -0.15) is 0 Å². The Morgan fingerprint density at radius 1 is 1.53 bits per heavy atom. The normalized spacial score (nSPS) is 10.9. The second kappa shape index (κ2) is 5.35. The Kier molecular flexibility index (Phi) is 4.39. The van der Waals surface area contributed by atoms with Crippen LogP contribution in [0.1, 0.15) is 37.0 Å². The molecular weight excluding hydrogens is 258 g/mol. The second-order valence-electron chi connectivity index (χ2n) is 3.69. The van der Waals surface area contributed by atoms with E-state index in [1.807, 2.05) is 4.57 Å². The molecule has 0 aromatic carbocycles. The first-order valence-electron chi connectivity index (χ1n) is 5.17. The average molecular weight is 274 g/mol. The molecule has 0 saturated carbocycles. The number of rotatable bonds is 5. The molecule has 3 nitrogen and oxygen atoms in total. The summed E-state index contributed by atoms with van der Waals surface area (Å²) in [6.45, 7) is 5.19. The van der Waals surface area contributed by atoms with Crippen LogP contribution in [0.4, 0.5) is 0 Å². The minimum atomic E-state index is -0.876. The summed E-state index contributed by atoms with van der Waals surface area (Å²) in [4.78, 5) is 10.8. The molecule has 0 fully saturated rings. The molecule has 0 radical (unpaired) electrons. The molecule has 0 saturated heterocycles. The Balaban J connectivity index is 2.81. The Bertz CT molecular complexity index is 342. The van der Waals surface area contributed by atoms with Crippen LogP contribution in [0.25, 0.3) is 0 Å². The topological polar surface area (TPSA) is 42.2 Å². The van der Waals surface area contributed by atoms with Gasteiger partial charge in [0.25, 0.3) is 0 Å². The van der Waals surface area contributed by atoms with Gasteiger partial charge in [0.05, 0.1) is 10.2 Å². The molecule has 1 aromatic heterocycles. The quantitative estimate of drug-likeness (QED) is 0.894. The van der Waals surface area contributed by atoms with Crippen molar-refractivity contribution in [3.05, 3.63) is 22.4 Å². The molecule has 4 heteroatoms. The van der Waals surface area contributed by atoms with Crippen molar-refractivity contribution < 1.29 is 9.90 Å². The minimum absolute atomic E-state index is 0.341. The van der Waals surface area contributed by atoms with E-state index in [0.29, 0.717) is 11.5 Å². The zero-order valence-electron chi connectivity index (χ0n) is 9.03. The summed E-state index contributed by atoms with van der Waals surface area (Å²) >= 11 is 3.37. The molecule has 1 heterocycles. The molecule has 0 atom stereocenters. The Hall–Kier alpha value is -0.770. The highest BCUT2D eigenvalue weighted by Crippen LogP contribution is 2.19. The van der Waals surface area contributed by atoms with E-state index in [2.05, 4.69) is 29.8 Å². The summed E-state index contributed by atoms with van der Waals surface area (Å²) in [5, 5.41) is 8.84. The number of carboxylic acid groups (broad SMARTS) is 1. The molecular formula is C11H16BrNO2. The van der Waals surface area contributed by atoms with Crippen LogP contribution >= 0.6 is 15.9 Å². The van der Waals surface area contributed by atoms with Crippen LogP contribution in [0, 0.1) is 5.92 Å². The van der Waals surface area contributed by atoms with Crippen LogP contribution in [0.2, 0.25) is 0 Å². The highest BCUT2D eigenvalue weighted by atomic mass is 79.9. The van der Waals surface area contributed by atoms with E-state index in [1.54, 1.807) is 12.3 Å². The predicted octanol–water partition coefficient (Wildman–Crippen LogP) is 3.39. The van der Waals surface area contributed by atoms with E-state index in [4.69, 9.17) is 5.11 Å². The van der Waals surface area contributed by atoms with Crippen LogP contribution in [-0.4, -0.2) is 15.6 Å². The van der Waals surface area contributed by atoms with E-state index in [1.165, 1.54) is 0 Å². The zero-order valence-corrected chi connectivity index (χ0v) is 10.6. The van der Waals surface area contributed by atoms with Gasteiger partial charge >= 0.3 is 5.97 Å². The first-order chi connectivity index (χ1) is 7.08. The molecule has 15 heavy (non-hydrogen) atoms. The number of hydrogen-bond donors (Lipinski definition) is 1. The molecule has 1 rings (SSSR count). The summed E-state index contributed by atoms with van der Waals surface area (Å²) in [5.41, 5.74) is 0.341. The van der Waals surface area contributed by atoms with Crippen LogP contribution in [-0.2, 0) is 6.54 Å². The maximum absolute atomic E-state index is 10.8. The third-order valence-corrected chi connectivity index (χ3v) is 3.38. The number of halogens is 1. The molecule has 1 aromatic rings. The smallest absolute Gasteiger partial charge is 0.337 e. The lowest BCUT2D eigenvalue weighted by Gasteiger charge is -2.13. The van der Waals surface area contributed by atoms with E-state index in [9.17, 15) is 4.79 Å². The van der Waals surface area contributed by atoms with Gasteiger partial charge in [-0.1, -0.05) is 26.7 Å². The Labute approximate surface area is 98.2 Å². The van der Waals surface area contributed by atoms with Crippen molar-refractivity contribution in [2.75, 3.05) is 0 Å². The van der Waals surface area contributed by atoms with Crippen molar-refractivity contribution in [3.63, 3.8) is 0 Å². The monoisotopic (exact) mass is 273 g/mol. The summed E-state index contributed by atoms with van der Waals surface area (Å²) in [6, 6.07) is 1.64. The van der Waals surface area contributed by atoms with E-state index >= 15 is 0 Å². The summed E-state index contributed by atoms with van der Waals surface area (Å²) < 4.78 is 2.80. The maximum atomic E-state index is 10.8. The number of carbonyl (C=O) groups is 1. The fourth-order valence-electron chi connectivity index (χ4n) is 1.56. The first kappa shape index (κ1) is 12.3. The van der Waals surface area contributed by atoms with Crippen LogP contribution in [0.5, 0.6) is 0 Å². The van der Waals surface area contributed by atoms with Gasteiger partial charge in [0.1, 0.15) is 0 Å². The second-order valence-corrected chi connectivity index (χ2v) is 4.50. The van der Waals surface area contributed by atoms with Gasteiger partial charge in [-0.3, -0.25) is 0 Å². The maximum Gasteiger partial charge on any atom is 0.337 e. The summed E-state index contributed by atoms with van der Waals surface area (Å²) in [7, 11) is 0. The lowest BCUT2D eigenvalue weighted by molar-refractivity contribution is 0.0697. The minimum Gasteiger partial charge on any atom is -0.478 e. The number of aromatic nitrogens is 1. The van der Waals surface area contributed by atoms with Crippen LogP contribution in [0.15, 0.2) is 16.9 Å². The molecule has 0 unspecified atom stereocenters. The highest BCUT2D eigenvalue weighted by Gasteiger charge is 2.11. The van der Waals surface area contributed by atoms with Crippen LogP contribution in [0.3, 0.4) is 0 Å². The molecule has 0 amide bonds. The van der Waals surface area contributed by atoms with Crippen molar-refractivity contribution in [1.29, 1.82) is 0 Å². The molecule has 0 aliphatic carbocycles. The van der Waals surface area contributed by atoms with Crippen molar-refractivity contribution in [2.45, 2.75) is 33.2 Å². The third-order valence-electron chi connectivity index (χ3n) is 2.70. The number of aromatic carboxylic acids is 1. The van der Waals surface area contributed by atoms with Gasteiger partial charge in [-0.25, -0.2) is 4.79 Å². The van der Waals surface area contributed by atoms with Gasteiger partial charge in [-0.05, 0) is 27.9 Å². The lowest BCUT2D eigenvalue weighted by atomic mass is 10.0. The van der Waals surface area contributed by atoms with Gasteiger partial charge in [0.15, 0.2) is 0 Å². The molecule has 0 aliphatic heterocycles. The summed E-state index contributed by atoms with van der Waals surface area (Å²) in [5.74, 6) is -0.269. The number of nitrogens with zero attached hydrogens (tertiary/aromatic N) is 1. The third kappa shape index (κ3) is 3.09. The lowest BCUT2D eigenvalue weighted by Crippen LogP contribution is -2.08. The van der Waals surface area contributed by atoms with Crippen molar-refractivity contribution in [1.82, 2.24) is 4.57 Å². The molecule has 0 bridgehead atoms. The standard InChI is InChI=1S/C11H16BrNO2/c1-3-8(4-2)6-13-7-9(11(14)15)5-10(13)12/h5,7-8H,3-4,6H2,1-2H3,(H,14,15).